The van der Waals surface area contributed by atoms with Gasteiger partial charge in [0, 0.05) is 18.1 Å². The van der Waals surface area contributed by atoms with Crippen LogP contribution >= 0.6 is 11.6 Å². The van der Waals surface area contributed by atoms with Crippen molar-refractivity contribution in [2.24, 2.45) is 0 Å². The predicted octanol–water partition coefficient (Wildman–Crippen LogP) is 3.90. The summed E-state index contributed by atoms with van der Waals surface area (Å²) in [5, 5.41) is 3.46. The van der Waals surface area contributed by atoms with Crippen molar-refractivity contribution < 1.29 is 17.9 Å². The molecule has 8 heteroatoms. The van der Waals surface area contributed by atoms with Gasteiger partial charge in [-0.15, -0.1) is 0 Å². The van der Waals surface area contributed by atoms with E-state index in [1.807, 2.05) is 42.5 Å². The number of sulfonamides is 1. The number of hydrogen-bond donors (Lipinski definition) is 1. The van der Waals surface area contributed by atoms with Gasteiger partial charge < -0.3 is 10.1 Å². The highest BCUT2D eigenvalue weighted by Gasteiger charge is 2.27. The summed E-state index contributed by atoms with van der Waals surface area (Å²) >= 11 is 5.89. The highest BCUT2D eigenvalue weighted by atomic mass is 35.5. The van der Waals surface area contributed by atoms with Gasteiger partial charge in [-0.05, 0) is 53.9 Å². The summed E-state index contributed by atoms with van der Waals surface area (Å²) in [6, 6.07) is 22.7. The molecule has 1 amide bonds. The molecule has 3 rings (SSSR count). The van der Waals surface area contributed by atoms with Crippen molar-refractivity contribution >= 4 is 27.5 Å². The average Bonchev–Trinajstić information content (AvgIpc) is 2.80. The standard InChI is InChI=1S/C24H25ClN2O4S/c1-31-22-11-13-23(14-12-22)32(29,30)27(17-20-5-3-2-4-6-20)18-24(28)26-16-15-19-7-9-21(25)10-8-19/h2-14H,15-18H2,1H3,(H,26,28). The minimum absolute atomic E-state index is 0.0831. The van der Waals surface area contributed by atoms with Crippen LogP contribution in [0.15, 0.2) is 83.8 Å². The maximum Gasteiger partial charge on any atom is 0.243 e. The smallest absolute Gasteiger partial charge is 0.243 e. The predicted molar refractivity (Wildman–Crippen MR) is 125 cm³/mol. The van der Waals surface area contributed by atoms with Crippen LogP contribution in [0.4, 0.5) is 0 Å². The van der Waals surface area contributed by atoms with E-state index in [9.17, 15) is 13.2 Å². The molecule has 0 bridgehead atoms. The lowest BCUT2D eigenvalue weighted by atomic mass is 10.1. The molecular weight excluding hydrogens is 448 g/mol. The number of carbonyl (C=O) groups is 1. The monoisotopic (exact) mass is 472 g/mol. The van der Waals surface area contributed by atoms with Gasteiger partial charge in [0.15, 0.2) is 0 Å². The summed E-state index contributed by atoms with van der Waals surface area (Å²) in [7, 11) is -2.39. The fourth-order valence-corrected chi connectivity index (χ4v) is 4.63. The Bertz CT molecular complexity index is 1120. The minimum atomic E-state index is -3.90. The van der Waals surface area contributed by atoms with Crippen molar-refractivity contribution in [2.75, 3.05) is 20.2 Å². The second-order valence-electron chi connectivity index (χ2n) is 7.16. The van der Waals surface area contributed by atoms with Crippen molar-refractivity contribution in [3.63, 3.8) is 0 Å². The largest absolute Gasteiger partial charge is 0.497 e. The molecule has 3 aromatic rings. The van der Waals surface area contributed by atoms with Crippen molar-refractivity contribution in [3.05, 3.63) is 95.0 Å². The van der Waals surface area contributed by atoms with Gasteiger partial charge in [0.05, 0.1) is 18.6 Å². The highest BCUT2D eigenvalue weighted by Crippen LogP contribution is 2.21. The van der Waals surface area contributed by atoms with E-state index in [1.165, 1.54) is 23.5 Å². The molecule has 0 aliphatic heterocycles. The third kappa shape index (κ3) is 6.56. The fourth-order valence-electron chi connectivity index (χ4n) is 3.12. The maximum atomic E-state index is 13.3. The summed E-state index contributed by atoms with van der Waals surface area (Å²) in [6.45, 7) is 0.186. The molecule has 0 spiro atoms. The third-order valence-electron chi connectivity index (χ3n) is 4.87. The Morgan fingerprint density at radius 1 is 0.938 bits per heavy atom. The summed E-state index contributed by atoms with van der Waals surface area (Å²) < 4.78 is 32.9. The zero-order valence-corrected chi connectivity index (χ0v) is 19.3. The Labute approximate surface area is 193 Å². The molecule has 0 fully saturated rings. The SMILES string of the molecule is COc1ccc(S(=O)(=O)N(CC(=O)NCCc2ccc(Cl)cc2)Cc2ccccc2)cc1. The molecule has 0 aliphatic rings. The molecule has 3 aromatic carbocycles. The van der Waals surface area contributed by atoms with Crippen LogP contribution in [0.1, 0.15) is 11.1 Å². The number of hydrogen-bond acceptors (Lipinski definition) is 4. The zero-order valence-electron chi connectivity index (χ0n) is 17.7. The Morgan fingerprint density at radius 2 is 1.59 bits per heavy atom. The number of ether oxygens (including phenoxy) is 1. The zero-order chi connectivity index (χ0) is 23.0. The lowest BCUT2D eigenvalue weighted by Gasteiger charge is -2.22. The van der Waals surface area contributed by atoms with Crippen LogP contribution in [-0.4, -0.2) is 38.8 Å². The summed E-state index contributed by atoms with van der Waals surface area (Å²) in [6.07, 6.45) is 0.618. The van der Waals surface area contributed by atoms with Gasteiger partial charge in [-0.1, -0.05) is 54.1 Å². The highest BCUT2D eigenvalue weighted by molar-refractivity contribution is 7.89. The normalized spacial score (nSPS) is 11.3. The first-order valence-corrected chi connectivity index (χ1v) is 11.9. The molecule has 0 saturated heterocycles. The molecule has 0 aromatic heterocycles. The van der Waals surface area contributed by atoms with E-state index in [2.05, 4.69) is 5.32 Å². The van der Waals surface area contributed by atoms with E-state index < -0.39 is 10.0 Å². The second kappa shape index (κ2) is 11.1. The van der Waals surface area contributed by atoms with E-state index >= 15 is 0 Å². The van der Waals surface area contributed by atoms with E-state index in [-0.39, 0.29) is 23.9 Å². The number of amides is 1. The molecule has 0 aliphatic carbocycles. The number of methoxy groups -OCH3 is 1. The molecule has 0 saturated carbocycles. The van der Waals surface area contributed by atoms with Gasteiger partial charge >= 0.3 is 0 Å². The van der Waals surface area contributed by atoms with Gasteiger partial charge in [0.1, 0.15) is 5.75 Å². The Morgan fingerprint density at radius 3 is 2.22 bits per heavy atom. The molecule has 0 radical (unpaired) electrons. The Hall–Kier alpha value is -2.87. The van der Waals surface area contributed by atoms with E-state index in [4.69, 9.17) is 16.3 Å². The lowest BCUT2D eigenvalue weighted by molar-refractivity contribution is -0.121. The third-order valence-corrected chi connectivity index (χ3v) is 6.93. The van der Waals surface area contributed by atoms with Crippen LogP contribution in [0.5, 0.6) is 5.75 Å². The number of carbonyl (C=O) groups excluding carboxylic acids is 1. The number of nitrogens with one attached hydrogen (secondary N) is 1. The molecule has 6 nitrogen and oxygen atoms in total. The molecule has 0 heterocycles. The first kappa shape index (κ1) is 23.8. The topological polar surface area (TPSA) is 75.7 Å². The average molecular weight is 473 g/mol. The first-order valence-electron chi connectivity index (χ1n) is 10.1. The molecule has 1 N–H and O–H groups in total. The molecule has 32 heavy (non-hydrogen) atoms. The van der Waals surface area contributed by atoms with E-state index in [0.717, 1.165) is 11.1 Å². The minimum Gasteiger partial charge on any atom is -0.497 e. The molecule has 0 atom stereocenters. The Balaban J connectivity index is 1.71. The van der Waals surface area contributed by atoms with Gasteiger partial charge in [0.25, 0.3) is 0 Å². The fraction of sp³-hybridized carbons (Fsp3) is 0.208. The van der Waals surface area contributed by atoms with Crippen molar-refractivity contribution in [1.29, 1.82) is 0 Å². The molecular formula is C24H25ClN2O4S. The van der Waals surface area contributed by atoms with Crippen LogP contribution in [-0.2, 0) is 27.8 Å². The number of benzene rings is 3. The van der Waals surface area contributed by atoms with Crippen molar-refractivity contribution in [3.8, 4) is 5.75 Å². The van der Waals surface area contributed by atoms with E-state index in [1.54, 1.807) is 24.3 Å². The summed E-state index contributed by atoms with van der Waals surface area (Å²) in [5.74, 6) is 0.186. The summed E-state index contributed by atoms with van der Waals surface area (Å²) in [5.41, 5.74) is 1.82. The van der Waals surface area contributed by atoms with Gasteiger partial charge in [-0.3, -0.25) is 4.79 Å². The molecule has 0 unspecified atom stereocenters. The van der Waals surface area contributed by atoms with Crippen molar-refractivity contribution in [1.82, 2.24) is 9.62 Å². The quantitative estimate of drug-likeness (QED) is 0.485. The maximum absolute atomic E-state index is 13.3. The number of rotatable bonds is 10. The van der Waals surface area contributed by atoms with Crippen LogP contribution in [0.3, 0.4) is 0 Å². The number of nitrogens with zero attached hydrogens (tertiary/aromatic N) is 1. The molecule has 168 valence electrons. The van der Waals surface area contributed by atoms with Crippen LogP contribution in [0.25, 0.3) is 0 Å². The van der Waals surface area contributed by atoms with Gasteiger partial charge in [0.2, 0.25) is 15.9 Å². The second-order valence-corrected chi connectivity index (χ2v) is 9.54. The summed E-state index contributed by atoms with van der Waals surface area (Å²) in [4.78, 5) is 12.7. The van der Waals surface area contributed by atoms with Gasteiger partial charge in [-0.25, -0.2) is 8.42 Å². The Kier molecular flexibility index (Phi) is 8.27. The van der Waals surface area contributed by atoms with Crippen LogP contribution in [0.2, 0.25) is 5.02 Å². The van der Waals surface area contributed by atoms with Gasteiger partial charge in [-0.2, -0.15) is 4.31 Å². The van der Waals surface area contributed by atoms with Crippen LogP contribution < -0.4 is 10.1 Å². The van der Waals surface area contributed by atoms with Crippen LogP contribution in [0, 0.1) is 0 Å². The first-order chi connectivity index (χ1) is 15.4. The van der Waals surface area contributed by atoms with Crippen molar-refractivity contribution in [2.45, 2.75) is 17.9 Å². The number of halogens is 1. The van der Waals surface area contributed by atoms with E-state index in [0.29, 0.717) is 23.7 Å². The lowest BCUT2D eigenvalue weighted by Crippen LogP contribution is -2.40.